The molecule has 2 atom stereocenters. The Bertz CT molecular complexity index is 731. The summed E-state index contributed by atoms with van der Waals surface area (Å²) < 4.78 is 0. The first-order valence-electron chi connectivity index (χ1n) is 7.87. The Kier molecular flexibility index (Phi) is 3.19. The van der Waals surface area contributed by atoms with Crippen LogP contribution in [0.1, 0.15) is 34.6 Å². The average Bonchev–Trinajstić information content (AvgIpc) is 3.08. The van der Waals surface area contributed by atoms with Crippen molar-refractivity contribution in [2.45, 2.75) is 26.2 Å². The SMILES string of the molecule is Cc1ccc([C@H]2NC(=O)N3[C@H](c4ccc(C)cc4)NC(=O)N23)cc1. The van der Waals surface area contributed by atoms with Gasteiger partial charge in [-0.15, -0.1) is 0 Å². The molecule has 0 unspecified atom stereocenters. The van der Waals surface area contributed by atoms with Gasteiger partial charge in [-0.2, -0.15) is 0 Å². The predicted molar refractivity (Wildman–Crippen MR) is 88.6 cm³/mol. The number of carbonyl (C=O) groups is 2. The fraction of sp³-hybridized carbons (Fsp3) is 0.222. The molecule has 2 aromatic rings. The van der Waals surface area contributed by atoms with Crippen LogP contribution in [0.15, 0.2) is 48.5 Å². The zero-order chi connectivity index (χ0) is 16.8. The zero-order valence-corrected chi connectivity index (χ0v) is 13.5. The molecule has 0 saturated carbocycles. The van der Waals surface area contributed by atoms with Gasteiger partial charge in [0.25, 0.3) is 0 Å². The van der Waals surface area contributed by atoms with Gasteiger partial charge in [0.05, 0.1) is 0 Å². The van der Waals surface area contributed by atoms with Gasteiger partial charge in [0.15, 0.2) is 12.3 Å². The average molecular weight is 322 g/mol. The topological polar surface area (TPSA) is 64.7 Å². The number of nitrogens with zero attached hydrogens (tertiary/aromatic N) is 2. The number of fused-ring (bicyclic) bond motifs is 1. The van der Waals surface area contributed by atoms with Gasteiger partial charge in [-0.05, 0) is 25.0 Å². The molecule has 0 bridgehead atoms. The molecule has 4 rings (SSSR count). The third-order valence-corrected chi connectivity index (χ3v) is 4.44. The number of aryl methyl sites for hydroxylation is 2. The minimum atomic E-state index is -0.492. The summed E-state index contributed by atoms with van der Waals surface area (Å²) in [4.78, 5) is 25.0. The lowest BCUT2D eigenvalue weighted by atomic mass is 10.1. The van der Waals surface area contributed by atoms with E-state index in [-0.39, 0.29) is 12.1 Å². The fourth-order valence-electron chi connectivity index (χ4n) is 3.11. The molecular formula is C18H18N4O2. The van der Waals surface area contributed by atoms with Crippen LogP contribution in [0.25, 0.3) is 0 Å². The Balaban J connectivity index is 1.68. The van der Waals surface area contributed by atoms with Crippen molar-refractivity contribution in [3.8, 4) is 0 Å². The standard InChI is InChI=1S/C18H18N4O2/c1-11-3-7-13(8-4-11)15-19-17(23)22-16(20-18(24)21(15)22)14-9-5-12(2)6-10-14/h3-10,15-16H,1-2H3,(H,19,23)(H,20,24)/t15-,16+. The molecule has 6 nitrogen and oxygen atoms in total. The van der Waals surface area contributed by atoms with E-state index in [1.54, 1.807) is 0 Å². The summed E-state index contributed by atoms with van der Waals surface area (Å²) in [5.41, 5.74) is 4.00. The smallest absolute Gasteiger partial charge is 0.310 e. The molecule has 24 heavy (non-hydrogen) atoms. The van der Waals surface area contributed by atoms with E-state index < -0.39 is 12.3 Å². The first-order valence-corrected chi connectivity index (χ1v) is 7.87. The molecule has 4 amide bonds. The number of hydrazine groups is 1. The Morgan fingerprint density at radius 3 is 1.33 bits per heavy atom. The van der Waals surface area contributed by atoms with Gasteiger partial charge >= 0.3 is 12.1 Å². The highest BCUT2D eigenvalue weighted by Crippen LogP contribution is 2.36. The second-order valence-electron chi connectivity index (χ2n) is 6.21. The van der Waals surface area contributed by atoms with Crippen molar-refractivity contribution in [2.24, 2.45) is 0 Å². The summed E-state index contributed by atoms with van der Waals surface area (Å²) in [7, 11) is 0. The molecule has 2 N–H and O–H groups in total. The number of rotatable bonds is 2. The molecule has 0 radical (unpaired) electrons. The zero-order valence-electron chi connectivity index (χ0n) is 13.5. The molecular weight excluding hydrogens is 304 g/mol. The van der Waals surface area contributed by atoms with Gasteiger partial charge in [-0.1, -0.05) is 59.7 Å². The molecule has 2 heterocycles. The summed E-state index contributed by atoms with van der Waals surface area (Å²) in [5, 5.41) is 8.68. The summed E-state index contributed by atoms with van der Waals surface area (Å²) in [6.45, 7) is 4.00. The third kappa shape index (κ3) is 2.19. The van der Waals surface area contributed by atoms with Crippen LogP contribution < -0.4 is 10.6 Å². The minimum absolute atomic E-state index is 0.287. The van der Waals surface area contributed by atoms with Gasteiger partial charge in [0.1, 0.15) is 0 Å². The first kappa shape index (κ1) is 14.6. The van der Waals surface area contributed by atoms with Crippen molar-refractivity contribution in [1.29, 1.82) is 0 Å². The third-order valence-electron chi connectivity index (χ3n) is 4.44. The number of nitrogens with one attached hydrogen (secondary N) is 2. The number of amides is 4. The molecule has 2 aliphatic rings. The second-order valence-corrected chi connectivity index (χ2v) is 6.21. The van der Waals surface area contributed by atoms with Crippen LogP contribution in [0.5, 0.6) is 0 Å². The van der Waals surface area contributed by atoms with E-state index in [2.05, 4.69) is 10.6 Å². The highest BCUT2D eigenvalue weighted by atomic mass is 16.2. The maximum atomic E-state index is 12.5. The van der Waals surface area contributed by atoms with Crippen LogP contribution in [0, 0.1) is 13.8 Å². The van der Waals surface area contributed by atoms with Crippen molar-refractivity contribution in [3.05, 3.63) is 70.8 Å². The normalized spacial score (nSPS) is 22.4. The van der Waals surface area contributed by atoms with E-state index in [4.69, 9.17) is 0 Å². The van der Waals surface area contributed by atoms with Crippen LogP contribution in [-0.2, 0) is 0 Å². The summed E-state index contributed by atoms with van der Waals surface area (Å²) in [6.07, 6.45) is -0.984. The number of carbonyl (C=O) groups excluding carboxylic acids is 2. The molecule has 122 valence electrons. The minimum Gasteiger partial charge on any atom is -0.310 e. The van der Waals surface area contributed by atoms with Gasteiger partial charge in [0, 0.05) is 0 Å². The number of urea groups is 2. The number of hydrogen-bond donors (Lipinski definition) is 2. The Labute approximate surface area is 140 Å². The van der Waals surface area contributed by atoms with Gasteiger partial charge < -0.3 is 10.6 Å². The Morgan fingerprint density at radius 2 is 1.00 bits per heavy atom. The lowest BCUT2D eigenvalue weighted by Crippen LogP contribution is -2.36. The van der Waals surface area contributed by atoms with Gasteiger partial charge in [0.2, 0.25) is 0 Å². The molecule has 0 aliphatic carbocycles. The highest BCUT2D eigenvalue weighted by molar-refractivity contribution is 5.88. The second kappa shape index (κ2) is 5.26. The van der Waals surface area contributed by atoms with Crippen LogP contribution >= 0.6 is 0 Å². The first-order chi connectivity index (χ1) is 11.5. The predicted octanol–water partition coefficient (Wildman–Crippen LogP) is 2.97. The molecule has 0 aromatic heterocycles. The van der Waals surface area contributed by atoms with Crippen LogP contribution in [-0.4, -0.2) is 22.1 Å². The van der Waals surface area contributed by atoms with Crippen molar-refractivity contribution in [3.63, 3.8) is 0 Å². The van der Waals surface area contributed by atoms with E-state index in [1.807, 2.05) is 62.4 Å². The maximum absolute atomic E-state index is 12.5. The van der Waals surface area contributed by atoms with E-state index in [0.717, 1.165) is 22.3 Å². The molecule has 2 aromatic carbocycles. The Morgan fingerprint density at radius 1 is 0.667 bits per heavy atom. The van der Waals surface area contributed by atoms with E-state index in [9.17, 15) is 9.59 Å². The van der Waals surface area contributed by atoms with Crippen LogP contribution in [0.2, 0.25) is 0 Å². The van der Waals surface area contributed by atoms with E-state index >= 15 is 0 Å². The van der Waals surface area contributed by atoms with Crippen LogP contribution in [0.3, 0.4) is 0 Å². The lowest BCUT2D eigenvalue weighted by Gasteiger charge is -2.24. The lowest BCUT2D eigenvalue weighted by molar-refractivity contribution is 0.0672. The van der Waals surface area contributed by atoms with E-state index in [0.29, 0.717) is 0 Å². The molecule has 2 aliphatic heterocycles. The fourth-order valence-corrected chi connectivity index (χ4v) is 3.11. The summed E-state index contributed by atoms with van der Waals surface area (Å²) in [6, 6.07) is 15.0. The van der Waals surface area contributed by atoms with Crippen molar-refractivity contribution >= 4 is 12.1 Å². The molecule has 2 fully saturated rings. The monoisotopic (exact) mass is 322 g/mol. The Hall–Kier alpha value is -3.02. The maximum Gasteiger partial charge on any atom is 0.340 e. The largest absolute Gasteiger partial charge is 0.340 e. The molecule has 6 heteroatoms. The number of benzene rings is 2. The van der Waals surface area contributed by atoms with Crippen molar-refractivity contribution in [1.82, 2.24) is 20.7 Å². The summed E-state index contributed by atoms with van der Waals surface area (Å²) >= 11 is 0. The number of hydrogen-bond acceptors (Lipinski definition) is 2. The molecule has 2 saturated heterocycles. The molecule has 0 spiro atoms. The van der Waals surface area contributed by atoms with Crippen molar-refractivity contribution in [2.75, 3.05) is 0 Å². The summed E-state index contributed by atoms with van der Waals surface area (Å²) in [5.74, 6) is 0. The van der Waals surface area contributed by atoms with Gasteiger partial charge in [-0.25, -0.2) is 19.6 Å². The highest BCUT2D eigenvalue weighted by Gasteiger charge is 2.51. The van der Waals surface area contributed by atoms with Gasteiger partial charge in [-0.3, -0.25) is 0 Å². The van der Waals surface area contributed by atoms with Crippen molar-refractivity contribution < 1.29 is 9.59 Å². The quantitative estimate of drug-likeness (QED) is 0.893. The van der Waals surface area contributed by atoms with E-state index in [1.165, 1.54) is 10.0 Å². The van der Waals surface area contributed by atoms with Crippen LogP contribution in [0.4, 0.5) is 9.59 Å².